The fourth-order valence-electron chi connectivity index (χ4n) is 1.51. The van der Waals surface area contributed by atoms with Crippen molar-refractivity contribution in [3.8, 4) is 6.07 Å². The monoisotopic (exact) mass is 247 g/mol. The van der Waals surface area contributed by atoms with Crippen molar-refractivity contribution in [2.24, 2.45) is 5.92 Å². The number of halogens is 1. The summed E-state index contributed by atoms with van der Waals surface area (Å²) in [6.07, 6.45) is 1.16. The van der Waals surface area contributed by atoms with Gasteiger partial charge in [0.15, 0.2) is 0 Å². The van der Waals surface area contributed by atoms with Crippen LogP contribution < -0.4 is 0 Å². The van der Waals surface area contributed by atoms with Crippen molar-refractivity contribution in [1.82, 2.24) is 0 Å². The zero-order valence-corrected chi connectivity index (χ0v) is 10.5. The Morgan fingerprint density at radius 2 is 2.06 bits per heavy atom. The van der Waals surface area contributed by atoms with Crippen molar-refractivity contribution in [1.29, 1.82) is 5.26 Å². The zero-order chi connectivity index (χ0) is 12.8. The van der Waals surface area contributed by atoms with Crippen LogP contribution in [0.25, 0.3) is 5.57 Å². The van der Waals surface area contributed by atoms with Crippen molar-refractivity contribution in [2.45, 2.75) is 19.8 Å². The molecule has 3 heteroatoms. The Bertz CT molecular complexity index is 456. The average Bonchev–Trinajstić information content (AvgIpc) is 2.30. The Labute approximate surface area is 107 Å². The lowest BCUT2D eigenvalue weighted by Gasteiger charge is -2.08. The summed E-state index contributed by atoms with van der Waals surface area (Å²) < 4.78 is 0. The Balaban J connectivity index is 2.59. The highest BCUT2D eigenvalue weighted by molar-refractivity contribution is 6.30. The zero-order valence-electron chi connectivity index (χ0n) is 9.74. The van der Waals surface area contributed by atoms with E-state index in [0.717, 1.165) is 11.1 Å². The minimum Gasteiger partial charge on any atom is -0.299 e. The molecular formula is C14H14ClNO. The summed E-state index contributed by atoms with van der Waals surface area (Å²) in [5.74, 6) is -0.615. The quantitative estimate of drug-likeness (QED) is 0.793. The summed E-state index contributed by atoms with van der Waals surface area (Å²) in [7, 11) is 0. The highest BCUT2D eigenvalue weighted by Gasteiger charge is 2.13. The molecule has 0 saturated heterocycles. The predicted molar refractivity (Wildman–Crippen MR) is 69.5 cm³/mol. The molecule has 1 unspecified atom stereocenters. The van der Waals surface area contributed by atoms with E-state index in [1.165, 1.54) is 6.92 Å². The van der Waals surface area contributed by atoms with Gasteiger partial charge in [0.25, 0.3) is 0 Å². The molecule has 0 heterocycles. The molecule has 0 amide bonds. The molecule has 0 radical (unpaired) electrons. The molecule has 1 aromatic rings. The molecular weight excluding hydrogens is 234 g/mol. The van der Waals surface area contributed by atoms with Crippen LogP contribution in [-0.4, -0.2) is 5.78 Å². The lowest BCUT2D eigenvalue weighted by molar-refractivity contribution is -0.119. The molecule has 0 saturated carbocycles. The van der Waals surface area contributed by atoms with Gasteiger partial charge in [0.1, 0.15) is 11.7 Å². The molecule has 0 aliphatic heterocycles. The fraction of sp³-hybridized carbons (Fsp3) is 0.286. The second kappa shape index (κ2) is 6.22. The van der Waals surface area contributed by atoms with E-state index in [4.69, 9.17) is 16.9 Å². The Morgan fingerprint density at radius 3 is 2.53 bits per heavy atom. The number of benzene rings is 1. The smallest absolute Gasteiger partial charge is 0.146 e. The highest BCUT2D eigenvalue weighted by atomic mass is 35.5. The first-order chi connectivity index (χ1) is 8.04. The minimum absolute atomic E-state index is 0.0867. The predicted octanol–water partition coefficient (Wildman–Crippen LogP) is 3.86. The standard InChI is InChI=1S/C14H14ClNO/c1-10(3-4-13(9-16)11(2)17)12-5-7-14(15)8-6-12/h5-8,13H,1,3-4H2,2H3. The number of ketones is 1. The first-order valence-corrected chi connectivity index (χ1v) is 5.76. The van der Waals surface area contributed by atoms with Crippen molar-refractivity contribution < 1.29 is 4.79 Å². The third-order valence-corrected chi connectivity index (χ3v) is 2.89. The van der Waals surface area contributed by atoms with Gasteiger partial charge in [0, 0.05) is 5.02 Å². The maximum absolute atomic E-state index is 11.1. The third kappa shape index (κ3) is 4.05. The molecule has 0 N–H and O–H groups in total. The molecule has 0 aliphatic carbocycles. The fourth-order valence-corrected chi connectivity index (χ4v) is 1.63. The Morgan fingerprint density at radius 1 is 1.47 bits per heavy atom. The van der Waals surface area contributed by atoms with E-state index in [0.29, 0.717) is 17.9 Å². The van der Waals surface area contributed by atoms with Gasteiger partial charge in [-0.15, -0.1) is 0 Å². The van der Waals surface area contributed by atoms with Crippen LogP contribution in [0.1, 0.15) is 25.3 Å². The second-order valence-electron chi connectivity index (χ2n) is 3.94. The number of allylic oxidation sites excluding steroid dienone is 1. The van der Waals surface area contributed by atoms with Gasteiger partial charge in [-0.25, -0.2) is 0 Å². The average molecular weight is 248 g/mol. The van der Waals surface area contributed by atoms with Crippen molar-refractivity contribution >= 4 is 23.0 Å². The number of rotatable bonds is 5. The molecule has 0 fully saturated rings. The number of nitrogens with zero attached hydrogens (tertiary/aromatic N) is 1. The number of hydrogen-bond acceptors (Lipinski definition) is 2. The summed E-state index contributed by atoms with van der Waals surface area (Å²) in [5.41, 5.74) is 1.91. The van der Waals surface area contributed by atoms with Crippen LogP contribution in [0.2, 0.25) is 5.02 Å². The van der Waals surface area contributed by atoms with Crippen LogP contribution in [0.3, 0.4) is 0 Å². The van der Waals surface area contributed by atoms with Gasteiger partial charge in [-0.05, 0) is 43.0 Å². The summed E-state index contributed by atoms with van der Waals surface area (Å²) in [6.45, 7) is 5.40. The van der Waals surface area contributed by atoms with Gasteiger partial charge < -0.3 is 0 Å². The molecule has 0 aliphatic rings. The number of carbonyl (C=O) groups is 1. The molecule has 0 aromatic heterocycles. The van der Waals surface area contributed by atoms with Crippen LogP contribution in [0.15, 0.2) is 30.8 Å². The molecule has 2 nitrogen and oxygen atoms in total. The van der Waals surface area contributed by atoms with E-state index < -0.39 is 5.92 Å². The van der Waals surface area contributed by atoms with E-state index in [2.05, 4.69) is 6.58 Å². The molecule has 0 spiro atoms. The van der Waals surface area contributed by atoms with Crippen molar-refractivity contribution in [2.75, 3.05) is 0 Å². The molecule has 1 atom stereocenters. The van der Waals surface area contributed by atoms with Crippen LogP contribution in [0.5, 0.6) is 0 Å². The largest absolute Gasteiger partial charge is 0.299 e. The Hall–Kier alpha value is -1.59. The van der Waals surface area contributed by atoms with Crippen LogP contribution in [0, 0.1) is 17.2 Å². The van der Waals surface area contributed by atoms with E-state index >= 15 is 0 Å². The summed E-state index contributed by atoms with van der Waals surface area (Å²) in [5, 5.41) is 9.48. The topological polar surface area (TPSA) is 40.9 Å². The van der Waals surface area contributed by atoms with Gasteiger partial charge in [-0.2, -0.15) is 5.26 Å². The minimum atomic E-state index is -0.529. The van der Waals surface area contributed by atoms with Gasteiger partial charge in [-0.3, -0.25) is 4.79 Å². The summed E-state index contributed by atoms with van der Waals surface area (Å²) in [4.78, 5) is 11.1. The number of nitriles is 1. The second-order valence-corrected chi connectivity index (χ2v) is 4.38. The SMILES string of the molecule is C=C(CCC(C#N)C(C)=O)c1ccc(Cl)cc1. The third-order valence-electron chi connectivity index (χ3n) is 2.63. The van der Waals surface area contributed by atoms with Gasteiger partial charge in [-0.1, -0.05) is 30.3 Å². The molecule has 1 rings (SSSR count). The summed E-state index contributed by atoms with van der Waals surface area (Å²) >= 11 is 5.79. The van der Waals surface area contributed by atoms with Gasteiger partial charge in [0.2, 0.25) is 0 Å². The first kappa shape index (κ1) is 13.5. The molecule has 17 heavy (non-hydrogen) atoms. The normalized spacial score (nSPS) is 11.6. The highest BCUT2D eigenvalue weighted by Crippen LogP contribution is 2.22. The van der Waals surface area contributed by atoms with E-state index in [1.54, 1.807) is 12.1 Å². The Kier molecular flexibility index (Phi) is 4.93. The summed E-state index contributed by atoms with van der Waals surface area (Å²) in [6, 6.07) is 9.38. The van der Waals surface area contributed by atoms with Gasteiger partial charge in [0.05, 0.1) is 6.07 Å². The lowest BCUT2D eigenvalue weighted by Crippen LogP contribution is -2.08. The van der Waals surface area contributed by atoms with E-state index in [-0.39, 0.29) is 5.78 Å². The van der Waals surface area contributed by atoms with Crippen LogP contribution in [0.4, 0.5) is 0 Å². The molecule has 1 aromatic carbocycles. The van der Waals surface area contributed by atoms with Gasteiger partial charge >= 0.3 is 0 Å². The van der Waals surface area contributed by atoms with Crippen LogP contribution >= 0.6 is 11.6 Å². The number of hydrogen-bond donors (Lipinski definition) is 0. The van der Waals surface area contributed by atoms with E-state index in [1.807, 2.05) is 18.2 Å². The van der Waals surface area contributed by atoms with E-state index in [9.17, 15) is 4.79 Å². The number of carbonyl (C=O) groups excluding carboxylic acids is 1. The molecule has 88 valence electrons. The van der Waals surface area contributed by atoms with Crippen LogP contribution in [-0.2, 0) is 4.79 Å². The molecule has 0 bridgehead atoms. The van der Waals surface area contributed by atoms with Crippen molar-refractivity contribution in [3.63, 3.8) is 0 Å². The van der Waals surface area contributed by atoms with Crippen molar-refractivity contribution in [3.05, 3.63) is 41.4 Å². The maximum atomic E-state index is 11.1. The lowest BCUT2D eigenvalue weighted by atomic mass is 9.95. The first-order valence-electron chi connectivity index (χ1n) is 5.38. The maximum Gasteiger partial charge on any atom is 0.146 e. The number of Topliss-reactive ketones (excluding diaryl/α,β-unsaturated/α-hetero) is 1.